The van der Waals surface area contributed by atoms with Crippen molar-refractivity contribution in [1.82, 2.24) is 15.1 Å². The molecule has 124 valence electrons. The van der Waals surface area contributed by atoms with Crippen molar-refractivity contribution >= 4 is 17.5 Å². The molecule has 1 heterocycles. The number of carbonyl (C=O) groups is 1. The molecular formula is C14H13ClF3N3O2. The number of alkyl halides is 3. The molecule has 5 nitrogen and oxygen atoms in total. The van der Waals surface area contributed by atoms with Crippen molar-refractivity contribution in [3.8, 4) is 5.69 Å². The normalized spacial score (nSPS) is 13.0. The van der Waals surface area contributed by atoms with Crippen LogP contribution in [0.3, 0.4) is 0 Å². The van der Waals surface area contributed by atoms with E-state index in [1.54, 1.807) is 0 Å². The van der Waals surface area contributed by atoms with E-state index >= 15 is 0 Å². The molecule has 0 saturated heterocycles. The third-order valence-electron chi connectivity index (χ3n) is 2.89. The van der Waals surface area contributed by atoms with Gasteiger partial charge in [0.1, 0.15) is 0 Å². The van der Waals surface area contributed by atoms with E-state index in [0.717, 1.165) is 6.20 Å². The number of aliphatic hydroxyl groups is 1. The number of aliphatic hydroxyl groups excluding tert-OH is 1. The first-order valence-corrected chi connectivity index (χ1v) is 6.95. The maximum Gasteiger partial charge on any atom is 0.434 e. The Morgan fingerprint density at radius 1 is 1.48 bits per heavy atom. The average Bonchev–Trinajstić information content (AvgIpc) is 2.89. The smallest absolute Gasteiger partial charge is 0.392 e. The average molecular weight is 348 g/mol. The molecular weight excluding hydrogens is 335 g/mol. The molecule has 0 saturated carbocycles. The van der Waals surface area contributed by atoms with Gasteiger partial charge in [0.15, 0.2) is 5.69 Å². The summed E-state index contributed by atoms with van der Waals surface area (Å²) < 4.78 is 40.7. The zero-order valence-corrected chi connectivity index (χ0v) is 12.7. The van der Waals surface area contributed by atoms with Gasteiger partial charge >= 0.3 is 6.18 Å². The number of halogens is 4. The van der Waals surface area contributed by atoms with Gasteiger partial charge in [-0.05, 0) is 25.1 Å². The minimum Gasteiger partial charge on any atom is -0.392 e. The molecule has 2 aromatic rings. The second-order valence-electron chi connectivity index (χ2n) is 4.86. The lowest BCUT2D eigenvalue weighted by Crippen LogP contribution is -2.32. The number of benzene rings is 1. The predicted molar refractivity (Wildman–Crippen MR) is 77.6 cm³/mol. The maximum atomic E-state index is 13.4. The second kappa shape index (κ2) is 6.59. The number of hydrogen-bond donors (Lipinski definition) is 2. The molecule has 0 radical (unpaired) electrons. The summed E-state index contributed by atoms with van der Waals surface area (Å²) in [4.78, 5) is 11.9. The van der Waals surface area contributed by atoms with E-state index in [1.807, 2.05) is 0 Å². The lowest BCUT2D eigenvalue weighted by Gasteiger charge is -2.13. The molecule has 1 aromatic carbocycles. The summed E-state index contributed by atoms with van der Waals surface area (Å²) in [5.74, 6) is -0.966. The molecule has 0 spiro atoms. The van der Waals surface area contributed by atoms with Crippen molar-refractivity contribution in [2.24, 2.45) is 0 Å². The first-order valence-electron chi connectivity index (χ1n) is 6.57. The Morgan fingerprint density at radius 2 is 2.17 bits per heavy atom. The SMILES string of the molecule is CC(O)CNC(=O)c1cnn(-c2cccc(Cl)c2)c1C(F)(F)F. The van der Waals surface area contributed by atoms with Gasteiger partial charge in [-0.15, -0.1) is 0 Å². The zero-order valence-electron chi connectivity index (χ0n) is 11.9. The number of carbonyl (C=O) groups excluding carboxylic acids is 1. The molecule has 1 aromatic heterocycles. The highest BCUT2D eigenvalue weighted by molar-refractivity contribution is 6.30. The van der Waals surface area contributed by atoms with Gasteiger partial charge in [-0.25, -0.2) is 4.68 Å². The molecule has 2 rings (SSSR count). The van der Waals surface area contributed by atoms with Crippen LogP contribution in [0.4, 0.5) is 13.2 Å². The van der Waals surface area contributed by atoms with Crippen LogP contribution in [-0.2, 0) is 6.18 Å². The molecule has 2 N–H and O–H groups in total. The molecule has 23 heavy (non-hydrogen) atoms. The van der Waals surface area contributed by atoms with Gasteiger partial charge in [-0.2, -0.15) is 18.3 Å². The van der Waals surface area contributed by atoms with Crippen LogP contribution in [0.1, 0.15) is 23.0 Å². The quantitative estimate of drug-likeness (QED) is 0.893. The van der Waals surface area contributed by atoms with E-state index in [-0.39, 0.29) is 17.3 Å². The maximum absolute atomic E-state index is 13.4. The summed E-state index contributed by atoms with van der Waals surface area (Å²) in [5, 5.41) is 15.2. The van der Waals surface area contributed by atoms with Gasteiger partial charge in [0.05, 0.1) is 23.6 Å². The van der Waals surface area contributed by atoms with Crippen LogP contribution in [-0.4, -0.2) is 33.4 Å². The van der Waals surface area contributed by atoms with Crippen molar-refractivity contribution < 1.29 is 23.1 Å². The monoisotopic (exact) mass is 347 g/mol. The molecule has 0 aliphatic carbocycles. The number of nitrogens with one attached hydrogen (secondary N) is 1. The topological polar surface area (TPSA) is 67.2 Å². The molecule has 1 atom stereocenters. The minimum absolute atomic E-state index is 0.0828. The van der Waals surface area contributed by atoms with Crippen LogP contribution < -0.4 is 5.32 Å². The summed E-state index contributed by atoms with van der Waals surface area (Å²) >= 11 is 5.79. The third kappa shape index (κ3) is 4.02. The number of amides is 1. The van der Waals surface area contributed by atoms with Crippen molar-refractivity contribution in [2.45, 2.75) is 19.2 Å². The highest BCUT2D eigenvalue weighted by atomic mass is 35.5. The Balaban J connectivity index is 2.48. The summed E-state index contributed by atoms with van der Waals surface area (Å²) in [6.07, 6.45) is -4.84. The Bertz CT molecular complexity index is 714. The van der Waals surface area contributed by atoms with Crippen molar-refractivity contribution in [1.29, 1.82) is 0 Å². The van der Waals surface area contributed by atoms with E-state index < -0.39 is 29.4 Å². The summed E-state index contributed by atoms with van der Waals surface area (Å²) in [5.41, 5.74) is -1.75. The number of aromatic nitrogens is 2. The highest BCUT2D eigenvalue weighted by Gasteiger charge is 2.40. The van der Waals surface area contributed by atoms with Crippen LogP contribution in [0.5, 0.6) is 0 Å². The van der Waals surface area contributed by atoms with Crippen LogP contribution in [0, 0.1) is 0 Å². The van der Waals surface area contributed by atoms with Crippen molar-refractivity contribution in [2.75, 3.05) is 6.54 Å². The Kier molecular flexibility index (Phi) is 4.96. The largest absolute Gasteiger partial charge is 0.434 e. The first-order chi connectivity index (χ1) is 10.7. The number of rotatable bonds is 4. The van der Waals surface area contributed by atoms with Crippen molar-refractivity contribution in [3.05, 3.63) is 46.7 Å². The van der Waals surface area contributed by atoms with Gasteiger partial charge < -0.3 is 10.4 Å². The van der Waals surface area contributed by atoms with Gasteiger partial charge in [-0.1, -0.05) is 17.7 Å². The van der Waals surface area contributed by atoms with Crippen LogP contribution in [0.25, 0.3) is 5.69 Å². The fraction of sp³-hybridized carbons (Fsp3) is 0.286. The Morgan fingerprint density at radius 3 is 2.74 bits per heavy atom. The van der Waals surface area contributed by atoms with E-state index in [9.17, 15) is 18.0 Å². The lowest BCUT2D eigenvalue weighted by molar-refractivity contribution is -0.143. The van der Waals surface area contributed by atoms with Gasteiger partial charge in [0.2, 0.25) is 0 Å². The lowest BCUT2D eigenvalue weighted by atomic mass is 10.2. The predicted octanol–water partition coefficient (Wildman–Crippen LogP) is 2.66. The van der Waals surface area contributed by atoms with E-state index in [1.165, 1.54) is 31.2 Å². The molecule has 0 fully saturated rings. The number of nitrogens with zero attached hydrogens (tertiary/aromatic N) is 2. The van der Waals surface area contributed by atoms with Crippen LogP contribution >= 0.6 is 11.6 Å². The molecule has 1 amide bonds. The Hall–Kier alpha value is -2.06. The standard InChI is InChI=1S/C14H13ClF3N3O2/c1-8(22)6-19-13(23)11-7-20-21(12(11)14(16,17)18)10-4-2-3-9(15)5-10/h2-5,7-8,22H,6H2,1H3,(H,19,23). The molecule has 0 aliphatic rings. The van der Waals surface area contributed by atoms with Crippen molar-refractivity contribution in [3.63, 3.8) is 0 Å². The Labute approximate surface area is 134 Å². The molecule has 1 unspecified atom stereocenters. The fourth-order valence-corrected chi connectivity index (χ4v) is 2.11. The zero-order chi connectivity index (χ0) is 17.2. The summed E-state index contributed by atoms with van der Waals surface area (Å²) in [6, 6.07) is 5.69. The number of hydrogen-bond acceptors (Lipinski definition) is 3. The van der Waals surface area contributed by atoms with Crippen LogP contribution in [0.15, 0.2) is 30.5 Å². The van der Waals surface area contributed by atoms with Crippen LogP contribution in [0.2, 0.25) is 5.02 Å². The summed E-state index contributed by atoms with van der Waals surface area (Å²) in [6.45, 7) is 1.23. The fourth-order valence-electron chi connectivity index (χ4n) is 1.93. The molecule has 9 heteroatoms. The van der Waals surface area contributed by atoms with E-state index in [2.05, 4.69) is 10.4 Å². The van der Waals surface area contributed by atoms with Gasteiger partial charge in [-0.3, -0.25) is 4.79 Å². The van der Waals surface area contributed by atoms with E-state index in [4.69, 9.17) is 16.7 Å². The third-order valence-corrected chi connectivity index (χ3v) is 3.13. The highest BCUT2D eigenvalue weighted by Crippen LogP contribution is 2.34. The minimum atomic E-state index is -4.80. The van der Waals surface area contributed by atoms with Gasteiger partial charge in [0.25, 0.3) is 5.91 Å². The second-order valence-corrected chi connectivity index (χ2v) is 5.29. The van der Waals surface area contributed by atoms with E-state index in [0.29, 0.717) is 4.68 Å². The molecule has 0 aliphatic heterocycles. The summed E-state index contributed by atoms with van der Waals surface area (Å²) in [7, 11) is 0. The molecule has 0 bridgehead atoms. The first kappa shape index (κ1) is 17.3. The van der Waals surface area contributed by atoms with Gasteiger partial charge in [0, 0.05) is 11.6 Å².